The fourth-order valence-electron chi connectivity index (χ4n) is 4.39. The number of ketones is 1. The molecule has 0 atom stereocenters. The highest BCUT2D eigenvalue weighted by Crippen LogP contribution is 2.44. The topological polar surface area (TPSA) is 57.2 Å². The number of hydrogen-bond donors (Lipinski definition) is 0. The molecule has 0 aromatic heterocycles. The maximum atomic E-state index is 13.2. The molecule has 0 spiro atoms. The van der Waals surface area contributed by atoms with Crippen molar-refractivity contribution in [2.24, 2.45) is 5.92 Å². The summed E-state index contributed by atoms with van der Waals surface area (Å²) in [5.74, 6) is 2.68. The van der Waals surface area contributed by atoms with Gasteiger partial charge in [-0.25, -0.2) is 0 Å². The summed E-state index contributed by atoms with van der Waals surface area (Å²) in [4.78, 5) is 15.4. The third kappa shape index (κ3) is 3.69. The third-order valence-corrected chi connectivity index (χ3v) is 5.83. The maximum Gasteiger partial charge on any atom is 0.231 e. The van der Waals surface area contributed by atoms with E-state index in [9.17, 15) is 4.79 Å². The zero-order valence-corrected chi connectivity index (χ0v) is 18.5. The molecule has 3 aliphatic heterocycles. The lowest BCUT2D eigenvalue weighted by molar-refractivity contribution is -0.0165. The van der Waals surface area contributed by atoms with E-state index in [1.54, 1.807) is 12.1 Å². The predicted molar refractivity (Wildman–Crippen MR) is 117 cm³/mol. The zero-order valence-electron chi connectivity index (χ0n) is 17.8. The number of rotatable bonds is 3. The van der Waals surface area contributed by atoms with E-state index in [1.807, 2.05) is 19.1 Å². The number of hydrogen-bond acceptors (Lipinski definition) is 6. The summed E-state index contributed by atoms with van der Waals surface area (Å²) >= 11 is 6.27. The van der Waals surface area contributed by atoms with E-state index in [0.717, 1.165) is 35.5 Å². The normalized spacial score (nSPS) is 18.9. The van der Waals surface area contributed by atoms with Gasteiger partial charge in [0.25, 0.3) is 0 Å². The second-order valence-corrected chi connectivity index (χ2v) is 9.02. The van der Waals surface area contributed by atoms with E-state index < -0.39 is 0 Å². The minimum atomic E-state index is -0.150. The molecule has 6 nitrogen and oxygen atoms in total. The smallest absolute Gasteiger partial charge is 0.231 e. The van der Waals surface area contributed by atoms with Crippen LogP contribution in [0.5, 0.6) is 17.2 Å². The van der Waals surface area contributed by atoms with Gasteiger partial charge in [0.15, 0.2) is 12.6 Å². The standard InChI is InChI=1S/C24H24ClNO5/c1-13(2)8-26-9-16-6-19-21(27)20(31-23(19)14(3)22(16)29-11-26)7-15-4-18(25)5-17-10-28-12-30-24(15)17/h4-7,13H,8-12H2,1-3H3/b20-7-. The first-order chi connectivity index (χ1) is 14.9. The molecule has 0 unspecified atom stereocenters. The number of halogens is 1. The Bertz CT molecular complexity index is 1110. The van der Waals surface area contributed by atoms with Gasteiger partial charge in [0.2, 0.25) is 5.78 Å². The van der Waals surface area contributed by atoms with E-state index in [2.05, 4.69) is 18.7 Å². The van der Waals surface area contributed by atoms with Gasteiger partial charge in [-0.1, -0.05) is 25.4 Å². The molecule has 2 aromatic rings. The van der Waals surface area contributed by atoms with Gasteiger partial charge in [-0.2, -0.15) is 0 Å². The van der Waals surface area contributed by atoms with Crippen molar-refractivity contribution in [3.05, 3.63) is 56.8 Å². The van der Waals surface area contributed by atoms with Crippen molar-refractivity contribution >= 4 is 23.5 Å². The Labute approximate surface area is 186 Å². The van der Waals surface area contributed by atoms with Crippen LogP contribution in [0.15, 0.2) is 24.0 Å². The molecule has 0 amide bonds. The van der Waals surface area contributed by atoms with E-state index in [4.69, 9.17) is 30.5 Å². The van der Waals surface area contributed by atoms with Crippen molar-refractivity contribution in [1.29, 1.82) is 0 Å². The second kappa shape index (κ2) is 7.86. The summed E-state index contributed by atoms with van der Waals surface area (Å²) in [5, 5.41) is 0.549. The lowest BCUT2D eigenvalue weighted by atomic mass is 9.99. The monoisotopic (exact) mass is 441 g/mol. The summed E-state index contributed by atoms with van der Waals surface area (Å²) in [6.07, 6.45) is 1.70. The number of fused-ring (bicyclic) bond motifs is 3. The van der Waals surface area contributed by atoms with Crippen molar-refractivity contribution < 1.29 is 23.7 Å². The van der Waals surface area contributed by atoms with Crippen LogP contribution in [0.4, 0.5) is 0 Å². The van der Waals surface area contributed by atoms with Gasteiger partial charge < -0.3 is 18.9 Å². The molecule has 0 saturated heterocycles. The van der Waals surface area contributed by atoms with Gasteiger partial charge >= 0.3 is 0 Å². The van der Waals surface area contributed by atoms with Crippen LogP contribution in [-0.4, -0.2) is 30.8 Å². The first-order valence-corrected chi connectivity index (χ1v) is 10.8. The number of ether oxygens (including phenoxy) is 4. The molecule has 0 fully saturated rings. The summed E-state index contributed by atoms with van der Waals surface area (Å²) in [6, 6.07) is 5.48. The Morgan fingerprint density at radius 1 is 1.13 bits per heavy atom. The molecule has 31 heavy (non-hydrogen) atoms. The Morgan fingerprint density at radius 3 is 2.77 bits per heavy atom. The lowest BCUT2D eigenvalue weighted by Crippen LogP contribution is -2.35. The number of allylic oxidation sites excluding steroid dienone is 1. The number of nitrogens with zero attached hydrogens (tertiary/aromatic N) is 1. The molecule has 7 heteroatoms. The highest BCUT2D eigenvalue weighted by Gasteiger charge is 2.34. The van der Waals surface area contributed by atoms with E-state index >= 15 is 0 Å². The van der Waals surface area contributed by atoms with Crippen LogP contribution >= 0.6 is 11.6 Å². The van der Waals surface area contributed by atoms with E-state index in [1.165, 1.54) is 0 Å². The second-order valence-electron chi connectivity index (χ2n) is 8.58. The van der Waals surface area contributed by atoms with Gasteiger partial charge in [-0.3, -0.25) is 9.69 Å². The summed E-state index contributed by atoms with van der Waals surface area (Å²) in [6.45, 7) is 9.11. The molecule has 0 aliphatic carbocycles. The first kappa shape index (κ1) is 20.4. The zero-order chi connectivity index (χ0) is 21.7. The van der Waals surface area contributed by atoms with Crippen molar-refractivity contribution in [1.82, 2.24) is 4.90 Å². The summed E-state index contributed by atoms with van der Waals surface area (Å²) < 4.78 is 23.1. The molecule has 2 aromatic carbocycles. The Balaban J connectivity index is 1.50. The fourth-order valence-corrected chi connectivity index (χ4v) is 4.64. The number of carbonyl (C=O) groups excluding carboxylic acids is 1. The molecule has 5 rings (SSSR count). The lowest BCUT2D eigenvalue weighted by Gasteiger charge is -2.31. The average Bonchev–Trinajstić information content (AvgIpc) is 3.03. The van der Waals surface area contributed by atoms with Gasteiger partial charge in [0.1, 0.15) is 24.0 Å². The molecule has 0 radical (unpaired) electrons. The first-order valence-electron chi connectivity index (χ1n) is 10.4. The van der Waals surface area contributed by atoms with Gasteiger partial charge in [0.05, 0.1) is 12.2 Å². The maximum absolute atomic E-state index is 13.2. The molecular formula is C24H24ClNO5. The molecule has 3 aliphatic rings. The molecule has 0 bridgehead atoms. The molecule has 0 N–H and O–H groups in total. The number of Topliss-reactive ketones (excluding diaryl/α,β-unsaturated/α-hetero) is 1. The third-order valence-electron chi connectivity index (χ3n) is 5.62. The molecule has 162 valence electrons. The van der Waals surface area contributed by atoms with Crippen molar-refractivity contribution in [2.75, 3.05) is 20.1 Å². The minimum Gasteiger partial charge on any atom is -0.477 e. The van der Waals surface area contributed by atoms with Gasteiger partial charge in [-0.15, -0.1) is 0 Å². The highest BCUT2D eigenvalue weighted by molar-refractivity contribution is 6.31. The number of carbonyl (C=O) groups is 1. The Morgan fingerprint density at radius 2 is 1.97 bits per heavy atom. The Kier molecular flexibility index (Phi) is 5.16. The van der Waals surface area contributed by atoms with Crippen LogP contribution in [0.25, 0.3) is 6.08 Å². The van der Waals surface area contributed by atoms with Crippen LogP contribution in [0.2, 0.25) is 5.02 Å². The van der Waals surface area contributed by atoms with Crippen molar-refractivity contribution in [2.45, 2.75) is 33.9 Å². The quantitative estimate of drug-likeness (QED) is 0.629. The predicted octanol–water partition coefficient (Wildman–Crippen LogP) is 4.94. The van der Waals surface area contributed by atoms with Crippen LogP contribution < -0.4 is 14.2 Å². The molecular weight excluding hydrogens is 418 g/mol. The summed E-state index contributed by atoms with van der Waals surface area (Å²) in [5.41, 5.74) is 3.98. The summed E-state index contributed by atoms with van der Waals surface area (Å²) in [7, 11) is 0. The molecule has 3 heterocycles. The Hall–Kier alpha value is -2.54. The molecule has 0 saturated carbocycles. The van der Waals surface area contributed by atoms with Crippen LogP contribution in [-0.2, 0) is 17.9 Å². The van der Waals surface area contributed by atoms with Crippen LogP contribution in [0, 0.1) is 12.8 Å². The van der Waals surface area contributed by atoms with Crippen molar-refractivity contribution in [3.63, 3.8) is 0 Å². The SMILES string of the molecule is Cc1c2c(cc3c1O/C(=C\c1cc(Cl)cc4c1OCOC4)C3=O)CN(CC(C)C)CO2. The minimum absolute atomic E-state index is 0.150. The van der Waals surface area contributed by atoms with E-state index in [-0.39, 0.29) is 18.3 Å². The fraction of sp³-hybridized carbons (Fsp3) is 0.375. The average molecular weight is 442 g/mol. The van der Waals surface area contributed by atoms with Crippen LogP contribution in [0.1, 0.15) is 46.5 Å². The van der Waals surface area contributed by atoms with E-state index in [0.29, 0.717) is 46.9 Å². The van der Waals surface area contributed by atoms with Gasteiger partial charge in [-0.05, 0) is 37.1 Å². The van der Waals surface area contributed by atoms with Crippen molar-refractivity contribution in [3.8, 4) is 17.2 Å². The van der Waals surface area contributed by atoms with Crippen LogP contribution in [0.3, 0.4) is 0 Å². The highest BCUT2D eigenvalue weighted by atomic mass is 35.5. The van der Waals surface area contributed by atoms with Gasteiger partial charge in [0, 0.05) is 40.4 Å². The largest absolute Gasteiger partial charge is 0.477 e. The number of benzene rings is 2.